The van der Waals surface area contributed by atoms with E-state index in [1.165, 1.54) is 7.11 Å². The van der Waals surface area contributed by atoms with Crippen LogP contribution in [0.25, 0.3) is 0 Å². The highest BCUT2D eigenvalue weighted by Gasteiger charge is 2.65. The third kappa shape index (κ3) is 4.28. The summed E-state index contributed by atoms with van der Waals surface area (Å²) in [4.78, 5) is 11.7. The van der Waals surface area contributed by atoms with Crippen molar-refractivity contribution in [2.24, 2.45) is 52.1 Å². The van der Waals surface area contributed by atoms with E-state index in [4.69, 9.17) is 15.2 Å². The van der Waals surface area contributed by atoms with Gasteiger partial charge in [-0.3, -0.25) is 4.79 Å². The first kappa shape index (κ1) is 25.4. The van der Waals surface area contributed by atoms with Crippen LogP contribution in [-0.4, -0.2) is 54.8 Å². The van der Waals surface area contributed by atoms with Gasteiger partial charge in [-0.15, -0.1) is 0 Å². The van der Waals surface area contributed by atoms with Crippen molar-refractivity contribution in [2.45, 2.75) is 96.9 Å². The largest absolute Gasteiger partial charge is 0.469 e. The molecule has 7 unspecified atom stereocenters. The Labute approximate surface area is 200 Å². The molecule has 0 heterocycles. The van der Waals surface area contributed by atoms with Gasteiger partial charge in [-0.25, -0.2) is 0 Å². The van der Waals surface area contributed by atoms with Crippen molar-refractivity contribution >= 4 is 5.97 Å². The molecule has 0 aliphatic heterocycles. The molecule has 0 bridgehead atoms. The predicted molar refractivity (Wildman–Crippen MR) is 127 cm³/mol. The van der Waals surface area contributed by atoms with Crippen molar-refractivity contribution in [3.8, 4) is 0 Å². The van der Waals surface area contributed by atoms with Crippen LogP contribution in [0.4, 0.5) is 0 Å². The fraction of sp³-hybridized carbons (Fsp3) is 0.963. The Morgan fingerprint density at radius 1 is 1.12 bits per heavy atom. The number of hydrogen-bond donors (Lipinski definition) is 3. The fourth-order valence-corrected chi connectivity index (χ4v) is 9.15. The molecule has 0 radical (unpaired) electrons. The number of aliphatic hydroxyl groups is 2. The van der Waals surface area contributed by atoms with Gasteiger partial charge in [0.25, 0.3) is 0 Å². The third-order valence-electron chi connectivity index (χ3n) is 11.0. The van der Waals surface area contributed by atoms with Gasteiger partial charge in [-0.1, -0.05) is 20.8 Å². The average molecular weight is 466 g/mol. The average Bonchev–Trinajstić information content (AvgIpc) is 3.15. The van der Waals surface area contributed by atoms with Crippen LogP contribution in [-0.2, 0) is 14.3 Å². The molecule has 0 spiro atoms. The van der Waals surface area contributed by atoms with E-state index >= 15 is 0 Å². The number of hydrogen-bond acceptors (Lipinski definition) is 6. The van der Waals surface area contributed by atoms with Crippen molar-refractivity contribution in [3.05, 3.63) is 0 Å². The quantitative estimate of drug-likeness (QED) is 0.497. The lowest BCUT2D eigenvalue weighted by Gasteiger charge is -2.63. The van der Waals surface area contributed by atoms with Gasteiger partial charge in [-0.05, 0) is 97.7 Å². The molecule has 4 fully saturated rings. The highest BCUT2D eigenvalue weighted by molar-refractivity contribution is 5.69. The van der Waals surface area contributed by atoms with Crippen molar-refractivity contribution in [1.82, 2.24) is 0 Å². The lowest BCUT2D eigenvalue weighted by molar-refractivity contribution is -0.209. The normalized spacial score (nSPS) is 47.8. The van der Waals surface area contributed by atoms with Crippen molar-refractivity contribution in [3.63, 3.8) is 0 Å². The van der Waals surface area contributed by atoms with Crippen LogP contribution in [0.2, 0.25) is 0 Å². The van der Waals surface area contributed by atoms with Crippen LogP contribution >= 0.6 is 0 Å². The minimum atomic E-state index is -0.356. The van der Waals surface area contributed by atoms with Gasteiger partial charge in [0, 0.05) is 13.0 Å². The molecule has 4 aliphatic rings. The Morgan fingerprint density at radius 3 is 2.58 bits per heavy atom. The molecule has 11 atom stereocenters. The van der Waals surface area contributed by atoms with Gasteiger partial charge in [0.05, 0.1) is 32.0 Å². The molecule has 0 saturated heterocycles. The zero-order chi connectivity index (χ0) is 24.0. The summed E-state index contributed by atoms with van der Waals surface area (Å²) in [6, 6.07) is 0. The van der Waals surface area contributed by atoms with E-state index in [9.17, 15) is 15.0 Å². The second-order valence-corrected chi connectivity index (χ2v) is 12.2. The summed E-state index contributed by atoms with van der Waals surface area (Å²) in [5, 5.41) is 23.2. The molecule has 4 saturated carbocycles. The van der Waals surface area contributed by atoms with Crippen LogP contribution < -0.4 is 5.73 Å². The summed E-state index contributed by atoms with van der Waals surface area (Å²) in [6.45, 7) is 8.11. The van der Waals surface area contributed by atoms with E-state index < -0.39 is 0 Å². The Bertz CT molecular complexity index is 702. The summed E-state index contributed by atoms with van der Waals surface area (Å²) in [5.74, 6) is 1.98. The Morgan fingerprint density at radius 2 is 1.88 bits per heavy atom. The lowest BCUT2D eigenvalue weighted by Crippen LogP contribution is -2.62. The highest BCUT2D eigenvalue weighted by atomic mass is 16.5. The molecule has 0 aromatic heterocycles. The van der Waals surface area contributed by atoms with E-state index in [0.717, 1.165) is 51.4 Å². The van der Waals surface area contributed by atoms with Crippen LogP contribution in [0, 0.1) is 46.3 Å². The van der Waals surface area contributed by atoms with E-state index in [1.54, 1.807) is 0 Å². The monoisotopic (exact) mass is 465 g/mol. The summed E-state index contributed by atoms with van der Waals surface area (Å²) in [7, 11) is 1.45. The van der Waals surface area contributed by atoms with E-state index in [-0.39, 0.29) is 41.0 Å². The first-order valence-corrected chi connectivity index (χ1v) is 13.4. The summed E-state index contributed by atoms with van der Waals surface area (Å²) < 4.78 is 10.9. The van der Waals surface area contributed by atoms with Gasteiger partial charge in [0.15, 0.2) is 0 Å². The van der Waals surface area contributed by atoms with Gasteiger partial charge >= 0.3 is 5.97 Å². The molecule has 0 aromatic rings. The van der Waals surface area contributed by atoms with E-state index in [1.807, 2.05) is 0 Å². The fourth-order valence-electron chi connectivity index (χ4n) is 9.15. The van der Waals surface area contributed by atoms with Gasteiger partial charge in [-0.2, -0.15) is 0 Å². The van der Waals surface area contributed by atoms with Crippen molar-refractivity contribution in [2.75, 3.05) is 20.3 Å². The summed E-state index contributed by atoms with van der Waals surface area (Å²) in [6.07, 6.45) is 7.78. The van der Waals surface area contributed by atoms with Gasteiger partial charge in [0.2, 0.25) is 0 Å². The number of ether oxygens (including phenoxy) is 2. The molecule has 190 valence electrons. The number of carbonyl (C=O) groups is 1. The standard InChI is InChI=1S/C27H47NO5/c1-16(5-8-24(31)32-4)19-6-7-20-25-21(15-23(30)27(19,20)3)26(2)10-9-18(33-12-11-28)13-17(26)14-22(25)29/h16-23,25,29-30H,5-15,28H2,1-4H3/t16-,17?,18?,19-,20?,21?,22?,23?,25?,26+,27-/m1/s1. The topological polar surface area (TPSA) is 102 Å². The number of rotatable bonds is 7. The lowest BCUT2D eigenvalue weighted by atomic mass is 9.43. The Hall–Kier alpha value is -0.690. The molecule has 4 N–H and O–H groups in total. The molecule has 0 aromatic carbocycles. The van der Waals surface area contributed by atoms with Crippen molar-refractivity contribution < 1.29 is 24.5 Å². The molecule has 0 amide bonds. The third-order valence-corrected chi connectivity index (χ3v) is 11.0. The maximum Gasteiger partial charge on any atom is 0.305 e. The smallest absolute Gasteiger partial charge is 0.305 e. The van der Waals surface area contributed by atoms with Crippen molar-refractivity contribution in [1.29, 1.82) is 0 Å². The van der Waals surface area contributed by atoms with Crippen LogP contribution in [0.1, 0.15) is 78.6 Å². The Balaban J connectivity index is 1.52. The molecule has 33 heavy (non-hydrogen) atoms. The highest BCUT2D eigenvalue weighted by Crippen LogP contribution is 2.68. The molecule has 4 rings (SSSR count). The zero-order valence-electron chi connectivity index (χ0n) is 21.2. The first-order valence-electron chi connectivity index (χ1n) is 13.4. The Kier molecular flexibility index (Phi) is 7.51. The maximum absolute atomic E-state index is 11.7. The second-order valence-electron chi connectivity index (χ2n) is 12.2. The number of fused-ring (bicyclic) bond motifs is 5. The predicted octanol–water partition coefficient (Wildman–Crippen LogP) is 3.52. The molecule has 4 aliphatic carbocycles. The molecule has 6 nitrogen and oxygen atoms in total. The van der Waals surface area contributed by atoms with E-state index in [2.05, 4.69) is 20.8 Å². The minimum Gasteiger partial charge on any atom is -0.469 e. The molecular weight excluding hydrogens is 418 g/mol. The second kappa shape index (κ2) is 9.75. The number of aliphatic hydroxyl groups excluding tert-OH is 2. The first-order chi connectivity index (χ1) is 15.7. The van der Waals surface area contributed by atoms with E-state index in [0.29, 0.717) is 49.2 Å². The zero-order valence-corrected chi connectivity index (χ0v) is 21.2. The summed E-state index contributed by atoms with van der Waals surface area (Å²) in [5.41, 5.74) is 5.61. The minimum absolute atomic E-state index is 0.154. The van der Waals surface area contributed by atoms with Crippen LogP contribution in [0.15, 0.2) is 0 Å². The molecule has 6 heteroatoms. The number of methoxy groups -OCH3 is 1. The van der Waals surface area contributed by atoms with Crippen LogP contribution in [0.5, 0.6) is 0 Å². The van der Waals surface area contributed by atoms with Gasteiger partial charge in [0.1, 0.15) is 0 Å². The maximum atomic E-state index is 11.7. The van der Waals surface area contributed by atoms with Gasteiger partial charge < -0.3 is 25.4 Å². The number of carbonyl (C=O) groups excluding carboxylic acids is 1. The molecular formula is C27H47NO5. The number of esters is 1. The van der Waals surface area contributed by atoms with Crippen LogP contribution in [0.3, 0.4) is 0 Å². The number of nitrogens with two attached hydrogens (primary N) is 1. The SMILES string of the molecule is COC(=O)CC[C@@H](C)[C@H]1CCC2C3C(O)CC4CC(OCCN)CC[C@]4(C)C3CC(O)[C@@]21C. The summed E-state index contributed by atoms with van der Waals surface area (Å²) >= 11 is 0.